The number of carbonyl (C=O) groups excluding carboxylic acids is 1. The normalized spacial score (nSPS) is 12.2. The standard InChI is InChI=1S/C13H16F3NO2S/c1-2-3-20-7-12(19)17-11(6-18)8-4-9(14)13(16)10(15)5-8/h4-5,11,18H,2-3,6-7H2,1H3,(H,17,19). The number of aliphatic hydroxyl groups is 1. The van der Waals surface area contributed by atoms with Gasteiger partial charge in [-0.15, -0.1) is 0 Å². The van der Waals surface area contributed by atoms with Crippen LogP contribution in [0, 0.1) is 17.5 Å². The second kappa shape index (κ2) is 8.16. The van der Waals surface area contributed by atoms with Gasteiger partial charge in [-0.05, 0) is 29.9 Å². The van der Waals surface area contributed by atoms with Gasteiger partial charge in [0.2, 0.25) is 5.91 Å². The Kier molecular flexibility index (Phi) is 6.87. The van der Waals surface area contributed by atoms with E-state index >= 15 is 0 Å². The summed E-state index contributed by atoms with van der Waals surface area (Å²) < 4.78 is 39.1. The van der Waals surface area contributed by atoms with Gasteiger partial charge >= 0.3 is 0 Å². The van der Waals surface area contributed by atoms with Crippen molar-refractivity contribution in [1.29, 1.82) is 0 Å². The van der Waals surface area contributed by atoms with E-state index in [0.29, 0.717) is 0 Å². The first-order chi connectivity index (χ1) is 9.49. The van der Waals surface area contributed by atoms with E-state index in [-0.39, 0.29) is 17.2 Å². The summed E-state index contributed by atoms with van der Waals surface area (Å²) in [6, 6.07) is 0.562. The largest absolute Gasteiger partial charge is 0.394 e. The van der Waals surface area contributed by atoms with Crippen LogP contribution >= 0.6 is 11.8 Å². The SMILES string of the molecule is CCCSCC(=O)NC(CO)c1cc(F)c(F)c(F)c1. The number of amides is 1. The van der Waals surface area contributed by atoms with Gasteiger partial charge in [-0.2, -0.15) is 11.8 Å². The van der Waals surface area contributed by atoms with Crippen LogP contribution in [-0.2, 0) is 4.79 Å². The molecule has 3 nitrogen and oxygen atoms in total. The summed E-state index contributed by atoms with van der Waals surface area (Å²) in [4.78, 5) is 11.6. The number of nitrogens with one attached hydrogen (secondary N) is 1. The number of hydrogen-bond acceptors (Lipinski definition) is 3. The van der Waals surface area contributed by atoms with Crippen molar-refractivity contribution in [1.82, 2.24) is 5.32 Å². The fraction of sp³-hybridized carbons (Fsp3) is 0.462. The van der Waals surface area contributed by atoms with Crippen molar-refractivity contribution in [2.75, 3.05) is 18.1 Å². The number of carbonyl (C=O) groups is 1. The average molecular weight is 307 g/mol. The Morgan fingerprint density at radius 3 is 2.45 bits per heavy atom. The lowest BCUT2D eigenvalue weighted by Gasteiger charge is -2.17. The molecular weight excluding hydrogens is 291 g/mol. The minimum atomic E-state index is -1.57. The van der Waals surface area contributed by atoms with E-state index in [0.717, 1.165) is 24.3 Å². The van der Waals surface area contributed by atoms with Crippen LogP contribution < -0.4 is 5.32 Å². The summed E-state index contributed by atoms with van der Waals surface area (Å²) >= 11 is 1.42. The zero-order valence-corrected chi connectivity index (χ0v) is 11.8. The Bertz CT molecular complexity index is 448. The van der Waals surface area contributed by atoms with Gasteiger partial charge in [0.1, 0.15) is 0 Å². The summed E-state index contributed by atoms with van der Waals surface area (Å²) in [6.07, 6.45) is 0.926. The fourth-order valence-electron chi connectivity index (χ4n) is 1.56. The monoisotopic (exact) mass is 307 g/mol. The Morgan fingerprint density at radius 2 is 1.95 bits per heavy atom. The number of hydrogen-bond donors (Lipinski definition) is 2. The van der Waals surface area contributed by atoms with Gasteiger partial charge in [0.15, 0.2) is 17.5 Å². The van der Waals surface area contributed by atoms with Crippen LogP contribution in [0.15, 0.2) is 12.1 Å². The molecular formula is C13H16F3NO2S. The minimum Gasteiger partial charge on any atom is -0.394 e. The molecule has 0 bridgehead atoms. The van der Waals surface area contributed by atoms with E-state index in [4.69, 9.17) is 0 Å². The molecule has 1 aromatic rings. The highest BCUT2D eigenvalue weighted by Gasteiger charge is 2.18. The fourth-order valence-corrected chi connectivity index (χ4v) is 2.26. The van der Waals surface area contributed by atoms with E-state index < -0.39 is 30.1 Å². The van der Waals surface area contributed by atoms with Crippen molar-refractivity contribution >= 4 is 17.7 Å². The number of benzene rings is 1. The molecule has 2 N–H and O–H groups in total. The third-order valence-electron chi connectivity index (χ3n) is 2.51. The number of aliphatic hydroxyl groups excluding tert-OH is 1. The highest BCUT2D eigenvalue weighted by molar-refractivity contribution is 7.99. The highest BCUT2D eigenvalue weighted by atomic mass is 32.2. The summed E-state index contributed by atoms with van der Waals surface area (Å²) in [6.45, 7) is 1.44. The highest BCUT2D eigenvalue weighted by Crippen LogP contribution is 2.19. The van der Waals surface area contributed by atoms with Crippen LogP contribution in [0.5, 0.6) is 0 Å². The molecule has 1 unspecified atom stereocenters. The molecule has 112 valence electrons. The molecule has 0 saturated heterocycles. The predicted molar refractivity (Wildman–Crippen MR) is 71.9 cm³/mol. The lowest BCUT2D eigenvalue weighted by molar-refractivity contribution is -0.119. The third-order valence-corrected chi connectivity index (χ3v) is 3.67. The summed E-state index contributed by atoms with van der Waals surface area (Å²) in [7, 11) is 0. The van der Waals surface area contributed by atoms with Crippen LogP contribution in [0.3, 0.4) is 0 Å². The summed E-state index contributed by atoms with van der Waals surface area (Å²) in [5.74, 6) is -3.63. The van der Waals surface area contributed by atoms with Crippen molar-refractivity contribution < 1.29 is 23.1 Å². The van der Waals surface area contributed by atoms with E-state index in [1.165, 1.54) is 11.8 Å². The molecule has 0 saturated carbocycles. The lowest BCUT2D eigenvalue weighted by atomic mass is 10.1. The van der Waals surface area contributed by atoms with E-state index in [2.05, 4.69) is 5.32 Å². The van der Waals surface area contributed by atoms with Gasteiger partial charge in [-0.3, -0.25) is 4.79 Å². The number of rotatable bonds is 7. The van der Waals surface area contributed by atoms with Gasteiger partial charge in [0.25, 0.3) is 0 Å². The Labute approximate surface area is 119 Å². The molecule has 0 aliphatic rings. The van der Waals surface area contributed by atoms with Gasteiger partial charge in [-0.1, -0.05) is 6.92 Å². The number of halogens is 3. The zero-order valence-electron chi connectivity index (χ0n) is 11.0. The van der Waals surface area contributed by atoms with E-state index in [9.17, 15) is 23.1 Å². The maximum absolute atomic E-state index is 13.1. The first-order valence-electron chi connectivity index (χ1n) is 6.12. The molecule has 0 heterocycles. The van der Waals surface area contributed by atoms with Crippen LogP contribution in [0.4, 0.5) is 13.2 Å². The topological polar surface area (TPSA) is 49.3 Å². The lowest BCUT2D eigenvalue weighted by Crippen LogP contribution is -2.32. The molecule has 7 heteroatoms. The summed E-state index contributed by atoms with van der Waals surface area (Å²) in [5, 5.41) is 11.6. The van der Waals surface area contributed by atoms with Crippen molar-refractivity contribution in [2.24, 2.45) is 0 Å². The summed E-state index contributed by atoms with van der Waals surface area (Å²) in [5.41, 5.74) is -0.0160. The zero-order chi connectivity index (χ0) is 15.1. The molecule has 0 aromatic heterocycles. The first-order valence-corrected chi connectivity index (χ1v) is 7.27. The van der Waals surface area contributed by atoms with Crippen molar-refractivity contribution in [3.05, 3.63) is 35.1 Å². The van der Waals surface area contributed by atoms with E-state index in [1.54, 1.807) is 0 Å². The molecule has 1 rings (SSSR count). The maximum Gasteiger partial charge on any atom is 0.230 e. The second-order valence-electron chi connectivity index (χ2n) is 4.15. The van der Waals surface area contributed by atoms with Gasteiger partial charge in [0.05, 0.1) is 18.4 Å². The van der Waals surface area contributed by atoms with E-state index in [1.807, 2.05) is 6.92 Å². The Morgan fingerprint density at radius 1 is 1.35 bits per heavy atom. The smallest absolute Gasteiger partial charge is 0.230 e. The molecule has 1 amide bonds. The van der Waals surface area contributed by atoms with Gasteiger partial charge in [0, 0.05) is 0 Å². The molecule has 1 aromatic carbocycles. The van der Waals surface area contributed by atoms with Crippen LogP contribution in [0.1, 0.15) is 24.9 Å². The van der Waals surface area contributed by atoms with Gasteiger partial charge < -0.3 is 10.4 Å². The Hall–Kier alpha value is -1.21. The van der Waals surface area contributed by atoms with Crippen molar-refractivity contribution in [3.63, 3.8) is 0 Å². The predicted octanol–water partition coefficient (Wildman–Crippen LogP) is 2.40. The molecule has 0 radical (unpaired) electrons. The first kappa shape index (κ1) is 16.8. The van der Waals surface area contributed by atoms with Crippen LogP contribution in [-0.4, -0.2) is 29.1 Å². The van der Waals surface area contributed by atoms with Crippen LogP contribution in [0.2, 0.25) is 0 Å². The quantitative estimate of drug-likeness (QED) is 0.601. The van der Waals surface area contributed by atoms with Gasteiger partial charge in [-0.25, -0.2) is 13.2 Å². The third kappa shape index (κ3) is 4.72. The maximum atomic E-state index is 13.1. The molecule has 0 aliphatic heterocycles. The molecule has 1 atom stereocenters. The Balaban J connectivity index is 2.73. The number of thioether (sulfide) groups is 1. The molecule has 0 fully saturated rings. The van der Waals surface area contributed by atoms with Crippen molar-refractivity contribution in [2.45, 2.75) is 19.4 Å². The molecule has 20 heavy (non-hydrogen) atoms. The average Bonchev–Trinajstić information content (AvgIpc) is 2.42. The molecule has 0 spiro atoms. The van der Waals surface area contributed by atoms with Crippen molar-refractivity contribution in [3.8, 4) is 0 Å². The molecule has 0 aliphatic carbocycles. The second-order valence-corrected chi connectivity index (χ2v) is 5.26. The minimum absolute atomic E-state index is 0.0160. The van der Waals surface area contributed by atoms with Crippen LogP contribution in [0.25, 0.3) is 0 Å².